The Morgan fingerprint density at radius 1 is 1.11 bits per heavy atom. The Labute approximate surface area is 105 Å². The lowest BCUT2D eigenvalue weighted by molar-refractivity contribution is 1.12. The van der Waals surface area contributed by atoms with Gasteiger partial charge in [0.05, 0.1) is 22.9 Å². The smallest absolute Gasteiger partial charge is 0.134 e. The molecule has 0 radical (unpaired) electrons. The minimum Gasteiger partial charge on any atom is -0.328 e. The summed E-state index contributed by atoms with van der Waals surface area (Å²) >= 11 is 0. The topological polar surface area (TPSA) is 63.7 Å². The van der Waals surface area contributed by atoms with Crippen molar-refractivity contribution in [3.8, 4) is 12.1 Å². The zero-order valence-electron chi connectivity index (χ0n) is 9.83. The van der Waals surface area contributed by atoms with Crippen molar-refractivity contribution < 1.29 is 0 Å². The van der Waals surface area contributed by atoms with E-state index in [2.05, 4.69) is 17.1 Å². The third kappa shape index (κ3) is 2.14. The van der Waals surface area contributed by atoms with E-state index in [9.17, 15) is 0 Å². The quantitative estimate of drug-likeness (QED) is 0.801. The van der Waals surface area contributed by atoms with Crippen molar-refractivity contribution in [2.24, 2.45) is 0 Å². The number of nitrogens with zero attached hydrogens (tertiary/aromatic N) is 4. The maximum absolute atomic E-state index is 9.07. The van der Waals surface area contributed by atoms with E-state index < -0.39 is 0 Å². The fourth-order valence-electron chi connectivity index (χ4n) is 1.66. The lowest BCUT2D eigenvalue weighted by Crippen LogP contribution is -2.12. The Kier molecular flexibility index (Phi) is 3.22. The minimum absolute atomic E-state index is 0.543. The van der Waals surface area contributed by atoms with Gasteiger partial charge in [-0.1, -0.05) is 12.1 Å². The third-order valence-electron chi connectivity index (χ3n) is 2.60. The molecule has 1 heterocycles. The fraction of sp³-hybridized carbons (Fsp3) is 0.0714. The summed E-state index contributed by atoms with van der Waals surface area (Å²) in [7, 11) is 1.82. The van der Waals surface area contributed by atoms with Crippen molar-refractivity contribution in [1.29, 1.82) is 10.5 Å². The number of benzene rings is 1. The summed E-state index contributed by atoms with van der Waals surface area (Å²) in [5.74, 6) is 0.636. The van der Waals surface area contributed by atoms with Crippen LogP contribution in [0, 0.1) is 22.7 Å². The van der Waals surface area contributed by atoms with Gasteiger partial charge in [-0.25, -0.2) is 4.98 Å². The van der Waals surface area contributed by atoms with Crippen LogP contribution in [0.15, 0.2) is 42.6 Å². The first kappa shape index (κ1) is 11.6. The predicted molar refractivity (Wildman–Crippen MR) is 68.2 cm³/mol. The summed E-state index contributed by atoms with van der Waals surface area (Å²) in [6.07, 6.45) is 1.58. The number of pyridine rings is 1. The largest absolute Gasteiger partial charge is 0.328 e. The molecule has 2 aromatic rings. The van der Waals surface area contributed by atoms with Crippen LogP contribution in [0.2, 0.25) is 0 Å². The van der Waals surface area contributed by atoms with Gasteiger partial charge in [-0.05, 0) is 24.3 Å². The number of aromatic nitrogens is 1. The number of rotatable bonds is 2. The Balaban J connectivity index is 2.45. The first-order valence-electron chi connectivity index (χ1n) is 5.35. The highest BCUT2D eigenvalue weighted by Gasteiger charge is 2.09. The second-order valence-electron chi connectivity index (χ2n) is 3.70. The molecule has 0 spiro atoms. The number of hydrogen-bond acceptors (Lipinski definition) is 4. The molecule has 0 aliphatic heterocycles. The Hall–Kier alpha value is -2.85. The fourth-order valence-corrected chi connectivity index (χ4v) is 1.66. The van der Waals surface area contributed by atoms with Gasteiger partial charge in [0.1, 0.15) is 11.9 Å². The molecule has 0 saturated carbocycles. The molecule has 0 aliphatic rings. The lowest BCUT2D eigenvalue weighted by atomic mass is 10.1. The second kappa shape index (κ2) is 4.99. The average molecular weight is 234 g/mol. The van der Waals surface area contributed by atoms with Crippen LogP contribution in [0.1, 0.15) is 11.1 Å². The van der Waals surface area contributed by atoms with Gasteiger partial charge in [-0.2, -0.15) is 10.5 Å². The molecule has 0 N–H and O–H groups in total. The average Bonchev–Trinajstić information content (AvgIpc) is 2.46. The molecule has 0 saturated heterocycles. The van der Waals surface area contributed by atoms with Gasteiger partial charge in [0.2, 0.25) is 0 Å². The van der Waals surface area contributed by atoms with E-state index in [1.165, 1.54) is 0 Å². The van der Waals surface area contributed by atoms with E-state index in [1.54, 1.807) is 29.3 Å². The normalized spacial score (nSPS) is 9.28. The molecule has 0 aliphatic carbocycles. The van der Waals surface area contributed by atoms with Crippen molar-refractivity contribution in [1.82, 2.24) is 4.98 Å². The minimum atomic E-state index is 0.543. The van der Waals surface area contributed by atoms with Gasteiger partial charge in [-0.15, -0.1) is 0 Å². The van der Waals surface area contributed by atoms with E-state index in [-0.39, 0.29) is 0 Å². The Bertz CT molecular complexity index is 649. The molecule has 0 unspecified atom stereocenters. The molecule has 0 atom stereocenters. The van der Waals surface area contributed by atoms with Crippen molar-refractivity contribution >= 4 is 11.5 Å². The summed E-state index contributed by atoms with van der Waals surface area (Å²) in [6, 6.07) is 14.8. The molecule has 2 rings (SSSR count). The third-order valence-corrected chi connectivity index (χ3v) is 2.60. The predicted octanol–water partition coefficient (Wildman–Crippen LogP) is 2.59. The standard InChI is InChI=1S/C14H10N4/c1-18(13-5-3-2-4-12(13)10-16)14-8-11(9-15)6-7-17-14/h2-8H,1H3. The lowest BCUT2D eigenvalue weighted by Gasteiger charge is -2.19. The highest BCUT2D eigenvalue weighted by atomic mass is 15.2. The van der Waals surface area contributed by atoms with Gasteiger partial charge in [0.15, 0.2) is 0 Å². The van der Waals surface area contributed by atoms with Crippen molar-refractivity contribution in [3.63, 3.8) is 0 Å². The highest BCUT2D eigenvalue weighted by molar-refractivity contribution is 5.67. The van der Waals surface area contributed by atoms with Gasteiger partial charge in [-0.3, -0.25) is 0 Å². The van der Waals surface area contributed by atoms with Crippen LogP contribution in [0.25, 0.3) is 0 Å². The number of hydrogen-bond donors (Lipinski definition) is 0. The summed E-state index contributed by atoms with van der Waals surface area (Å²) in [4.78, 5) is 6.00. The summed E-state index contributed by atoms with van der Waals surface area (Å²) in [5.41, 5.74) is 1.88. The van der Waals surface area contributed by atoms with Crippen LogP contribution in [0.4, 0.5) is 11.5 Å². The molecular formula is C14H10N4. The van der Waals surface area contributed by atoms with Gasteiger partial charge in [0, 0.05) is 13.2 Å². The monoisotopic (exact) mass is 234 g/mol. The molecule has 0 amide bonds. The van der Waals surface area contributed by atoms with E-state index in [0.717, 1.165) is 5.69 Å². The summed E-state index contributed by atoms with van der Waals surface area (Å²) < 4.78 is 0. The van der Waals surface area contributed by atoms with Crippen molar-refractivity contribution in [2.45, 2.75) is 0 Å². The molecule has 86 valence electrons. The van der Waals surface area contributed by atoms with Crippen molar-refractivity contribution in [3.05, 3.63) is 53.7 Å². The van der Waals surface area contributed by atoms with Crippen LogP contribution in [0.3, 0.4) is 0 Å². The zero-order valence-corrected chi connectivity index (χ0v) is 9.83. The maximum Gasteiger partial charge on any atom is 0.134 e. The number of nitriles is 2. The molecule has 1 aromatic heterocycles. The second-order valence-corrected chi connectivity index (χ2v) is 3.70. The number of para-hydroxylation sites is 1. The van der Waals surface area contributed by atoms with E-state index in [0.29, 0.717) is 16.9 Å². The van der Waals surface area contributed by atoms with Crippen molar-refractivity contribution in [2.75, 3.05) is 11.9 Å². The SMILES string of the molecule is CN(c1cc(C#N)ccn1)c1ccccc1C#N. The van der Waals surface area contributed by atoms with Gasteiger partial charge >= 0.3 is 0 Å². The molecule has 0 fully saturated rings. The van der Waals surface area contributed by atoms with Crippen LogP contribution < -0.4 is 4.90 Å². The molecule has 4 heteroatoms. The van der Waals surface area contributed by atoms with Crippen LogP contribution in [-0.2, 0) is 0 Å². The van der Waals surface area contributed by atoms with Crippen LogP contribution >= 0.6 is 0 Å². The molecule has 4 nitrogen and oxygen atoms in total. The molecule has 18 heavy (non-hydrogen) atoms. The first-order chi connectivity index (χ1) is 8.76. The highest BCUT2D eigenvalue weighted by Crippen LogP contribution is 2.25. The Morgan fingerprint density at radius 3 is 2.61 bits per heavy atom. The van der Waals surface area contributed by atoms with E-state index in [1.807, 2.05) is 25.2 Å². The van der Waals surface area contributed by atoms with Gasteiger partial charge < -0.3 is 4.90 Å². The van der Waals surface area contributed by atoms with Crippen LogP contribution in [-0.4, -0.2) is 12.0 Å². The molecule has 0 bridgehead atoms. The number of anilines is 2. The molecule has 1 aromatic carbocycles. The van der Waals surface area contributed by atoms with Gasteiger partial charge in [0.25, 0.3) is 0 Å². The zero-order chi connectivity index (χ0) is 13.0. The van der Waals surface area contributed by atoms with Crippen LogP contribution in [0.5, 0.6) is 0 Å². The van der Waals surface area contributed by atoms with E-state index >= 15 is 0 Å². The Morgan fingerprint density at radius 2 is 1.89 bits per heavy atom. The summed E-state index contributed by atoms with van der Waals surface area (Å²) in [6.45, 7) is 0. The van der Waals surface area contributed by atoms with E-state index in [4.69, 9.17) is 10.5 Å². The first-order valence-corrected chi connectivity index (χ1v) is 5.35. The molecular weight excluding hydrogens is 224 g/mol. The maximum atomic E-state index is 9.07. The summed E-state index contributed by atoms with van der Waals surface area (Å²) in [5, 5.41) is 17.9.